The van der Waals surface area contributed by atoms with Crippen molar-refractivity contribution in [1.29, 1.82) is 0 Å². The molecule has 0 unspecified atom stereocenters. The van der Waals surface area contributed by atoms with Crippen LogP contribution in [0.1, 0.15) is 24.6 Å². The Kier molecular flexibility index (Phi) is 2.07. The lowest BCUT2D eigenvalue weighted by Crippen LogP contribution is -2.27. The summed E-state index contributed by atoms with van der Waals surface area (Å²) < 4.78 is 5.04. The average molecular weight is 219 g/mol. The van der Waals surface area contributed by atoms with Crippen molar-refractivity contribution in [1.82, 2.24) is 15.0 Å². The van der Waals surface area contributed by atoms with E-state index < -0.39 is 0 Å². The molecule has 0 aromatic carbocycles. The summed E-state index contributed by atoms with van der Waals surface area (Å²) in [6.45, 7) is 0. The van der Waals surface area contributed by atoms with Crippen molar-refractivity contribution in [3.05, 3.63) is 18.0 Å². The SMILES string of the molecule is COc1ccc2[nH]c(C3CC(O)C3)nc2n1. The van der Waals surface area contributed by atoms with Crippen molar-refractivity contribution in [2.75, 3.05) is 7.11 Å². The first kappa shape index (κ1) is 9.59. The Balaban J connectivity index is 1.96. The van der Waals surface area contributed by atoms with Crippen molar-refractivity contribution in [2.24, 2.45) is 0 Å². The predicted octanol–water partition coefficient (Wildman–Crippen LogP) is 1.20. The largest absolute Gasteiger partial charge is 0.481 e. The first-order valence-corrected chi connectivity index (χ1v) is 5.35. The number of H-pyrrole nitrogens is 1. The highest BCUT2D eigenvalue weighted by Gasteiger charge is 2.30. The molecule has 1 aliphatic rings. The maximum Gasteiger partial charge on any atom is 0.215 e. The van der Waals surface area contributed by atoms with Gasteiger partial charge in [0.1, 0.15) is 5.82 Å². The van der Waals surface area contributed by atoms with Gasteiger partial charge in [-0.05, 0) is 18.9 Å². The molecule has 5 heteroatoms. The molecule has 5 nitrogen and oxygen atoms in total. The number of methoxy groups -OCH3 is 1. The van der Waals surface area contributed by atoms with Gasteiger partial charge < -0.3 is 14.8 Å². The summed E-state index contributed by atoms with van der Waals surface area (Å²) in [4.78, 5) is 11.9. The van der Waals surface area contributed by atoms with Gasteiger partial charge in [-0.3, -0.25) is 0 Å². The molecule has 0 bridgehead atoms. The minimum atomic E-state index is -0.166. The van der Waals surface area contributed by atoms with E-state index in [9.17, 15) is 5.11 Å². The number of hydrogen-bond donors (Lipinski definition) is 2. The lowest BCUT2D eigenvalue weighted by Gasteiger charge is -2.29. The minimum absolute atomic E-state index is 0.166. The Morgan fingerprint density at radius 2 is 2.19 bits per heavy atom. The normalized spacial score (nSPS) is 24.4. The van der Waals surface area contributed by atoms with Crippen molar-refractivity contribution >= 4 is 11.2 Å². The Morgan fingerprint density at radius 1 is 1.38 bits per heavy atom. The fourth-order valence-electron chi connectivity index (χ4n) is 2.01. The Hall–Kier alpha value is -1.62. The molecular weight excluding hydrogens is 206 g/mol. The van der Waals surface area contributed by atoms with E-state index in [0.29, 0.717) is 17.4 Å². The third-order valence-corrected chi connectivity index (χ3v) is 3.05. The highest BCUT2D eigenvalue weighted by atomic mass is 16.5. The second-order valence-corrected chi connectivity index (χ2v) is 4.17. The standard InChI is InChI=1S/C11H13N3O2/c1-16-9-3-2-8-11(13-9)14-10(12-8)6-4-7(15)5-6/h2-3,6-7,15H,4-5H2,1H3,(H,12,13,14). The van der Waals surface area contributed by atoms with E-state index in [0.717, 1.165) is 24.2 Å². The summed E-state index contributed by atoms with van der Waals surface area (Å²) in [6.07, 6.45) is 1.41. The van der Waals surface area contributed by atoms with Gasteiger partial charge in [-0.2, -0.15) is 4.98 Å². The van der Waals surface area contributed by atoms with Crippen LogP contribution in [0.5, 0.6) is 5.88 Å². The Morgan fingerprint density at radius 3 is 2.88 bits per heavy atom. The minimum Gasteiger partial charge on any atom is -0.481 e. The highest BCUT2D eigenvalue weighted by molar-refractivity contribution is 5.71. The molecule has 2 heterocycles. The summed E-state index contributed by atoms with van der Waals surface area (Å²) in [5, 5.41) is 9.26. The van der Waals surface area contributed by atoms with Crippen LogP contribution in [0.15, 0.2) is 12.1 Å². The van der Waals surface area contributed by atoms with Crippen molar-refractivity contribution in [3.63, 3.8) is 0 Å². The molecule has 0 radical (unpaired) electrons. The molecule has 0 spiro atoms. The topological polar surface area (TPSA) is 71.0 Å². The molecule has 84 valence electrons. The van der Waals surface area contributed by atoms with Gasteiger partial charge in [-0.25, -0.2) is 4.98 Å². The van der Waals surface area contributed by atoms with Crippen molar-refractivity contribution < 1.29 is 9.84 Å². The fraction of sp³-hybridized carbons (Fsp3) is 0.455. The predicted molar refractivity (Wildman–Crippen MR) is 58.4 cm³/mol. The number of aliphatic hydroxyl groups is 1. The van der Waals surface area contributed by atoms with Crippen LogP contribution in [0.3, 0.4) is 0 Å². The van der Waals surface area contributed by atoms with Crippen LogP contribution in [0.25, 0.3) is 11.2 Å². The van der Waals surface area contributed by atoms with Gasteiger partial charge in [0.25, 0.3) is 0 Å². The van der Waals surface area contributed by atoms with Gasteiger partial charge in [0.2, 0.25) is 5.88 Å². The molecule has 16 heavy (non-hydrogen) atoms. The van der Waals surface area contributed by atoms with Crippen LogP contribution >= 0.6 is 0 Å². The molecule has 3 rings (SSSR count). The Labute approximate surface area is 92.5 Å². The van der Waals surface area contributed by atoms with Gasteiger partial charge >= 0.3 is 0 Å². The lowest BCUT2D eigenvalue weighted by atomic mass is 9.82. The average Bonchev–Trinajstić information content (AvgIpc) is 2.66. The number of rotatable bonds is 2. The monoisotopic (exact) mass is 219 g/mol. The summed E-state index contributed by atoms with van der Waals surface area (Å²) in [7, 11) is 1.59. The van der Waals surface area contributed by atoms with E-state index in [1.165, 1.54) is 0 Å². The van der Waals surface area contributed by atoms with E-state index in [4.69, 9.17) is 4.74 Å². The van der Waals surface area contributed by atoms with Crippen LogP contribution in [0, 0.1) is 0 Å². The number of imidazole rings is 1. The number of ether oxygens (including phenoxy) is 1. The summed E-state index contributed by atoms with van der Waals surface area (Å²) in [5.41, 5.74) is 1.59. The number of hydrogen-bond acceptors (Lipinski definition) is 4. The van der Waals surface area contributed by atoms with E-state index in [-0.39, 0.29) is 6.10 Å². The van der Waals surface area contributed by atoms with E-state index in [1.807, 2.05) is 6.07 Å². The zero-order chi connectivity index (χ0) is 11.1. The molecule has 0 amide bonds. The lowest BCUT2D eigenvalue weighted by molar-refractivity contribution is 0.0720. The van der Waals surface area contributed by atoms with Crippen LogP contribution in [-0.2, 0) is 0 Å². The second kappa shape index (κ2) is 3.45. The molecule has 2 N–H and O–H groups in total. The fourth-order valence-corrected chi connectivity index (χ4v) is 2.01. The number of nitrogens with one attached hydrogen (secondary N) is 1. The van der Waals surface area contributed by atoms with Crippen LogP contribution < -0.4 is 4.74 Å². The zero-order valence-corrected chi connectivity index (χ0v) is 8.97. The highest BCUT2D eigenvalue weighted by Crippen LogP contribution is 2.35. The first-order chi connectivity index (χ1) is 7.76. The number of aromatic amines is 1. The molecule has 1 saturated carbocycles. The number of nitrogens with zero attached hydrogens (tertiary/aromatic N) is 2. The molecule has 2 aromatic rings. The van der Waals surface area contributed by atoms with Gasteiger partial charge in [0, 0.05) is 12.0 Å². The maximum absolute atomic E-state index is 9.26. The van der Waals surface area contributed by atoms with Crippen LogP contribution in [0.4, 0.5) is 0 Å². The van der Waals surface area contributed by atoms with Crippen LogP contribution in [0.2, 0.25) is 0 Å². The van der Waals surface area contributed by atoms with Crippen LogP contribution in [-0.4, -0.2) is 33.3 Å². The molecule has 1 aliphatic carbocycles. The summed E-state index contributed by atoms with van der Waals surface area (Å²) in [6, 6.07) is 3.71. The zero-order valence-electron chi connectivity index (χ0n) is 8.97. The molecular formula is C11H13N3O2. The van der Waals surface area contributed by atoms with Gasteiger partial charge in [-0.15, -0.1) is 0 Å². The smallest absolute Gasteiger partial charge is 0.215 e. The number of aromatic nitrogens is 3. The van der Waals surface area contributed by atoms with E-state index in [2.05, 4.69) is 15.0 Å². The summed E-state index contributed by atoms with van der Waals surface area (Å²) in [5.74, 6) is 1.83. The van der Waals surface area contributed by atoms with Gasteiger partial charge in [-0.1, -0.05) is 0 Å². The number of aliphatic hydroxyl groups excluding tert-OH is 1. The van der Waals surface area contributed by atoms with Crippen molar-refractivity contribution in [3.8, 4) is 5.88 Å². The first-order valence-electron chi connectivity index (χ1n) is 5.35. The molecule has 0 saturated heterocycles. The summed E-state index contributed by atoms with van der Waals surface area (Å²) >= 11 is 0. The van der Waals surface area contributed by atoms with Gasteiger partial charge in [0.05, 0.1) is 18.7 Å². The quantitative estimate of drug-likeness (QED) is 0.796. The molecule has 0 atom stereocenters. The molecule has 1 fully saturated rings. The van der Waals surface area contributed by atoms with E-state index in [1.54, 1.807) is 13.2 Å². The Bertz CT molecular complexity index is 517. The van der Waals surface area contributed by atoms with Gasteiger partial charge in [0.15, 0.2) is 5.65 Å². The van der Waals surface area contributed by atoms with Crippen molar-refractivity contribution in [2.45, 2.75) is 24.9 Å². The maximum atomic E-state index is 9.26. The number of fused-ring (bicyclic) bond motifs is 1. The third kappa shape index (κ3) is 1.44. The third-order valence-electron chi connectivity index (χ3n) is 3.05. The number of pyridine rings is 1. The second-order valence-electron chi connectivity index (χ2n) is 4.17. The van der Waals surface area contributed by atoms with E-state index >= 15 is 0 Å². The molecule has 0 aliphatic heterocycles. The molecule has 2 aromatic heterocycles.